The summed E-state index contributed by atoms with van der Waals surface area (Å²) in [4.78, 5) is 51.6. The topological polar surface area (TPSA) is 93.2 Å². The molecule has 0 atom stereocenters. The molecule has 0 aliphatic carbocycles. The fourth-order valence-electron chi connectivity index (χ4n) is 7.90. The third-order valence-corrected chi connectivity index (χ3v) is 13.0. The van der Waals surface area contributed by atoms with Gasteiger partial charge in [0, 0.05) is 48.7 Å². The second-order valence-electron chi connectivity index (χ2n) is 18.5. The molecule has 0 spiro atoms. The number of carbonyl (C=O) groups is 4. The van der Waals surface area contributed by atoms with Crippen molar-refractivity contribution in [3.05, 3.63) is 45.2 Å². The van der Waals surface area contributed by atoms with E-state index in [0.29, 0.717) is 19.4 Å². The van der Waals surface area contributed by atoms with Crippen molar-refractivity contribution in [3.8, 4) is 0 Å². The van der Waals surface area contributed by atoms with E-state index in [-0.39, 0.29) is 18.0 Å². The first-order valence-corrected chi connectivity index (χ1v) is 28.4. The van der Waals surface area contributed by atoms with Crippen molar-refractivity contribution in [2.45, 2.75) is 260 Å². The van der Waals surface area contributed by atoms with Crippen molar-refractivity contribution in [3.63, 3.8) is 0 Å². The number of ether oxygens (including phenoxy) is 2. The van der Waals surface area contributed by atoms with Gasteiger partial charge in [0.1, 0.15) is 18.7 Å². The van der Waals surface area contributed by atoms with E-state index in [9.17, 15) is 19.2 Å². The van der Waals surface area contributed by atoms with Gasteiger partial charge in [0.15, 0.2) is 0 Å². The normalized spacial score (nSPS) is 12.3. The molecular weight excluding hydrogens is 853 g/mol. The number of rotatable bonds is 39. The molecule has 0 fully saturated rings. The molecule has 9 heteroatoms. The van der Waals surface area contributed by atoms with Crippen LogP contribution in [0.25, 0.3) is 0 Å². The molecule has 0 bridgehead atoms. The summed E-state index contributed by atoms with van der Waals surface area (Å²) in [6.45, 7) is 16.2. The maximum Gasteiger partial charge on any atom is 0.339 e. The van der Waals surface area contributed by atoms with Gasteiger partial charge in [0.05, 0.1) is 12.2 Å². The molecule has 0 amide bonds. The summed E-state index contributed by atoms with van der Waals surface area (Å²) in [6.07, 6.45) is 47.4. The Labute approximate surface area is 418 Å². The number of nitrogens with zero attached hydrogens (tertiary/aromatic N) is 2. The monoisotopic (exact) mass is 959 g/mol. The average molecular weight is 960 g/mol. The van der Waals surface area contributed by atoms with E-state index < -0.39 is 0 Å². The van der Waals surface area contributed by atoms with Crippen LogP contribution in [0.1, 0.15) is 259 Å². The number of carbonyl (C=O) groups excluding carboxylic acids is 4. The van der Waals surface area contributed by atoms with Gasteiger partial charge in [0.25, 0.3) is 0 Å². The van der Waals surface area contributed by atoms with Gasteiger partial charge in [-0.1, -0.05) is 155 Å². The highest BCUT2D eigenvalue weighted by atomic mass is 32.1. The molecule has 0 unspecified atom stereocenters. The molecule has 2 heterocycles. The summed E-state index contributed by atoms with van der Waals surface area (Å²) < 4.78 is 11.2. The Balaban J connectivity index is 0. The Kier molecular flexibility index (Phi) is 50.8. The SMILES string of the molecule is CC.CCCCC/C=C\C/C=C\CCCCCCCC=O.CCCCCCCCC(CCCCCCCC)OC(=O)CCCCC=O.Cc1sc2c(c1C(=O)OCCCN(C)C)CCN(C)C2. The molecule has 1 aliphatic rings. The minimum absolute atomic E-state index is 0.0714. The van der Waals surface area contributed by atoms with Crippen LogP contribution in [0, 0.1) is 6.92 Å². The number of thiophene rings is 1. The van der Waals surface area contributed by atoms with Gasteiger partial charge >= 0.3 is 11.9 Å². The van der Waals surface area contributed by atoms with Crippen molar-refractivity contribution in [2.75, 3.05) is 40.8 Å². The van der Waals surface area contributed by atoms with Crippen LogP contribution in [0.2, 0.25) is 0 Å². The third-order valence-electron chi connectivity index (χ3n) is 11.9. The quantitative estimate of drug-likeness (QED) is 0.0279. The highest BCUT2D eigenvalue weighted by Gasteiger charge is 2.26. The van der Waals surface area contributed by atoms with Gasteiger partial charge in [0.2, 0.25) is 0 Å². The Bertz CT molecular complexity index is 1320. The van der Waals surface area contributed by atoms with Gasteiger partial charge < -0.3 is 28.9 Å². The molecule has 0 saturated carbocycles. The molecule has 67 heavy (non-hydrogen) atoms. The minimum atomic E-state index is -0.136. The summed E-state index contributed by atoms with van der Waals surface area (Å²) in [7, 11) is 6.17. The fourth-order valence-corrected chi connectivity index (χ4v) is 9.19. The second-order valence-corrected chi connectivity index (χ2v) is 19.8. The van der Waals surface area contributed by atoms with Gasteiger partial charge in [-0.05, 0) is 124 Å². The Morgan fingerprint density at radius 1 is 0.657 bits per heavy atom. The number of esters is 2. The zero-order chi connectivity index (χ0) is 50.0. The van der Waals surface area contributed by atoms with Gasteiger partial charge in [-0.3, -0.25) is 4.79 Å². The number of fused-ring (bicyclic) bond motifs is 1. The number of aryl methyl sites for hydroxylation is 1. The molecule has 390 valence electrons. The largest absolute Gasteiger partial charge is 0.462 e. The molecule has 2 rings (SSSR count). The van der Waals surface area contributed by atoms with E-state index in [4.69, 9.17) is 9.47 Å². The van der Waals surface area contributed by atoms with E-state index in [0.717, 1.165) is 100 Å². The summed E-state index contributed by atoms with van der Waals surface area (Å²) in [6, 6.07) is 0. The molecule has 0 saturated heterocycles. The van der Waals surface area contributed by atoms with E-state index in [2.05, 4.69) is 61.9 Å². The van der Waals surface area contributed by atoms with Crippen molar-refractivity contribution < 1.29 is 28.7 Å². The highest BCUT2D eigenvalue weighted by Crippen LogP contribution is 2.33. The molecule has 0 N–H and O–H groups in total. The molecule has 1 aliphatic heterocycles. The van der Waals surface area contributed by atoms with Crippen LogP contribution in [0.5, 0.6) is 0 Å². The zero-order valence-electron chi connectivity index (χ0n) is 45.2. The van der Waals surface area contributed by atoms with Crippen LogP contribution in [0.15, 0.2) is 24.3 Å². The Hall–Kier alpha value is -2.62. The van der Waals surface area contributed by atoms with Gasteiger partial charge in [-0.15, -0.1) is 11.3 Å². The van der Waals surface area contributed by atoms with Crippen LogP contribution < -0.4 is 0 Å². The Morgan fingerprint density at radius 2 is 1.13 bits per heavy atom. The molecule has 8 nitrogen and oxygen atoms in total. The Morgan fingerprint density at radius 3 is 1.67 bits per heavy atom. The third kappa shape index (κ3) is 42.0. The summed E-state index contributed by atoms with van der Waals surface area (Å²) in [5.41, 5.74) is 2.06. The predicted octanol–water partition coefficient (Wildman–Crippen LogP) is 16.3. The minimum Gasteiger partial charge on any atom is -0.462 e. The fraction of sp³-hybridized carbons (Fsp3) is 0.793. The number of likely N-dealkylation sites (N-methyl/N-ethyl adjacent to an activating group) is 1. The summed E-state index contributed by atoms with van der Waals surface area (Å²) in [5, 5.41) is 0. The smallest absolute Gasteiger partial charge is 0.339 e. The van der Waals surface area contributed by atoms with E-state index >= 15 is 0 Å². The lowest BCUT2D eigenvalue weighted by Crippen LogP contribution is -2.26. The van der Waals surface area contributed by atoms with Crippen LogP contribution in [0.3, 0.4) is 0 Å². The maximum atomic E-state index is 12.3. The molecule has 0 aromatic carbocycles. The predicted molar refractivity (Wildman–Crippen MR) is 290 cm³/mol. The van der Waals surface area contributed by atoms with Crippen molar-refractivity contribution >= 4 is 35.8 Å². The second kappa shape index (κ2) is 51.2. The van der Waals surface area contributed by atoms with E-state index in [1.807, 2.05) is 34.9 Å². The van der Waals surface area contributed by atoms with Crippen LogP contribution >= 0.6 is 11.3 Å². The standard InChI is InChI=1S/C23H44O3.C18H32O.C15H24N2O2S.C2H6/c1-3-5-7-9-11-14-18-22(19-15-12-10-8-6-4-2)26-23(25)20-16-13-17-21-24;1-2-3-4-5-6-7-8-9-10-11-12-13-14-15-16-17-18-19;1-11-14(15(18)19-9-5-7-16(2)3)12-6-8-17(4)10-13(12)20-11;1-2/h21-22H,3-20H2,1-2H3;6-7,9-10,18H,2-5,8,11-17H2,1H3;5-10H2,1-4H3;1-2H3/b;7-6-,10-9-;;. The van der Waals surface area contributed by atoms with Crippen molar-refractivity contribution in [1.29, 1.82) is 0 Å². The van der Waals surface area contributed by atoms with E-state index in [1.54, 1.807) is 11.3 Å². The van der Waals surface area contributed by atoms with Crippen LogP contribution in [-0.2, 0) is 36.8 Å². The lowest BCUT2D eigenvalue weighted by Gasteiger charge is -2.22. The first kappa shape index (κ1) is 66.5. The maximum absolute atomic E-state index is 12.3. The lowest BCUT2D eigenvalue weighted by molar-refractivity contribution is -0.150. The summed E-state index contributed by atoms with van der Waals surface area (Å²) >= 11 is 1.74. The summed E-state index contributed by atoms with van der Waals surface area (Å²) in [5.74, 6) is -0.207. The average Bonchev–Trinajstić information content (AvgIpc) is 3.65. The lowest BCUT2D eigenvalue weighted by atomic mass is 10.0. The molecule has 1 aromatic rings. The van der Waals surface area contributed by atoms with Gasteiger partial charge in [-0.2, -0.15) is 0 Å². The number of hydrogen-bond acceptors (Lipinski definition) is 9. The first-order valence-electron chi connectivity index (χ1n) is 27.6. The molecular formula is C58H106N2O6S. The molecule has 1 aromatic heterocycles. The van der Waals surface area contributed by atoms with Crippen molar-refractivity contribution in [1.82, 2.24) is 9.80 Å². The highest BCUT2D eigenvalue weighted by molar-refractivity contribution is 7.12. The number of allylic oxidation sites excluding steroid dienone is 4. The van der Waals surface area contributed by atoms with Crippen molar-refractivity contribution in [2.24, 2.45) is 0 Å². The van der Waals surface area contributed by atoms with Crippen LogP contribution in [-0.4, -0.2) is 81.3 Å². The number of aldehydes is 2. The van der Waals surface area contributed by atoms with E-state index in [1.165, 1.54) is 145 Å². The van der Waals surface area contributed by atoms with Crippen LogP contribution in [0.4, 0.5) is 0 Å². The molecule has 0 radical (unpaired) electrons. The van der Waals surface area contributed by atoms with Gasteiger partial charge in [-0.25, -0.2) is 4.79 Å². The zero-order valence-corrected chi connectivity index (χ0v) is 46.1. The first-order chi connectivity index (χ1) is 32.6. The number of unbranched alkanes of at least 4 members (excludes halogenated alkanes) is 21. The number of hydrogen-bond donors (Lipinski definition) is 0.